The maximum absolute atomic E-state index is 12.2. The summed E-state index contributed by atoms with van der Waals surface area (Å²) in [5.41, 5.74) is 8.21. The summed E-state index contributed by atoms with van der Waals surface area (Å²) in [6.45, 7) is 4.53. The van der Waals surface area contributed by atoms with Gasteiger partial charge in [0.2, 0.25) is 5.91 Å². The van der Waals surface area contributed by atoms with Crippen LogP contribution < -0.4 is 5.73 Å². The SMILES string of the molecule is Cc1ccc(CCC(=O)N2CCCC(CN)C2)cc1.Cl. The average molecular weight is 297 g/mol. The van der Waals surface area contributed by atoms with E-state index >= 15 is 0 Å². The monoisotopic (exact) mass is 296 g/mol. The summed E-state index contributed by atoms with van der Waals surface area (Å²) >= 11 is 0. The Labute approximate surface area is 127 Å². The van der Waals surface area contributed by atoms with Gasteiger partial charge in [0.25, 0.3) is 0 Å². The summed E-state index contributed by atoms with van der Waals surface area (Å²) in [6.07, 6.45) is 3.71. The van der Waals surface area contributed by atoms with Crippen LogP contribution in [0.1, 0.15) is 30.4 Å². The Morgan fingerprint density at radius 2 is 2.05 bits per heavy atom. The van der Waals surface area contributed by atoms with E-state index in [1.54, 1.807) is 0 Å². The number of hydrogen-bond acceptors (Lipinski definition) is 2. The van der Waals surface area contributed by atoms with Crippen LogP contribution in [0.25, 0.3) is 0 Å². The maximum atomic E-state index is 12.2. The first-order chi connectivity index (χ1) is 9.19. The highest BCUT2D eigenvalue weighted by atomic mass is 35.5. The minimum Gasteiger partial charge on any atom is -0.342 e. The van der Waals surface area contributed by atoms with Gasteiger partial charge in [0, 0.05) is 19.5 Å². The second kappa shape index (κ2) is 8.28. The quantitative estimate of drug-likeness (QED) is 0.928. The number of nitrogens with zero attached hydrogens (tertiary/aromatic N) is 1. The highest BCUT2D eigenvalue weighted by molar-refractivity contribution is 5.85. The third kappa shape index (κ3) is 4.80. The first-order valence-electron chi connectivity index (χ1n) is 7.22. The lowest BCUT2D eigenvalue weighted by Gasteiger charge is -2.32. The second-order valence-electron chi connectivity index (χ2n) is 5.57. The summed E-state index contributed by atoms with van der Waals surface area (Å²) in [7, 11) is 0. The van der Waals surface area contributed by atoms with E-state index in [9.17, 15) is 4.79 Å². The normalized spacial score (nSPS) is 18.5. The van der Waals surface area contributed by atoms with Gasteiger partial charge in [-0.05, 0) is 44.2 Å². The molecule has 0 bridgehead atoms. The molecular formula is C16H25ClN2O. The zero-order valence-electron chi connectivity index (χ0n) is 12.2. The highest BCUT2D eigenvalue weighted by Crippen LogP contribution is 2.16. The standard InChI is InChI=1S/C16H24N2O.ClH/c1-13-4-6-14(7-5-13)8-9-16(19)18-10-2-3-15(11-17)12-18;/h4-7,15H,2-3,8-12,17H2,1H3;1H. The summed E-state index contributed by atoms with van der Waals surface area (Å²) in [5, 5.41) is 0. The van der Waals surface area contributed by atoms with Crippen molar-refractivity contribution in [1.29, 1.82) is 0 Å². The van der Waals surface area contributed by atoms with E-state index in [0.717, 1.165) is 32.4 Å². The number of hydrogen-bond donors (Lipinski definition) is 1. The Balaban J connectivity index is 0.00000200. The topological polar surface area (TPSA) is 46.3 Å². The fraction of sp³-hybridized carbons (Fsp3) is 0.562. The van der Waals surface area contributed by atoms with E-state index in [-0.39, 0.29) is 18.3 Å². The number of rotatable bonds is 4. The number of likely N-dealkylation sites (tertiary alicyclic amines) is 1. The lowest BCUT2D eigenvalue weighted by Crippen LogP contribution is -2.42. The Morgan fingerprint density at radius 3 is 2.70 bits per heavy atom. The molecule has 1 atom stereocenters. The lowest BCUT2D eigenvalue weighted by molar-refractivity contribution is -0.132. The molecule has 1 fully saturated rings. The highest BCUT2D eigenvalue weighted by Gasteiger charge is 2.22. The van der Waals surface area contributed by atoms with E-state index < -0.39 is 0 Å². The lowest BCUT2D eigenvalue weighted by atomic mass is 9.97. The first-order valence-corrected chi connectivity index (χ1v) is 7.22. The molecule has 1 unspecified atom stereocenters. The van der Waals surface area contributed by atoms with E-state index in [1.165, 1.54) is 11.1 Å². The molecule has 2 rings (SSSR count). The van der Waals surface area contributed by atoms with Gasteiger partial charge in [-0.15, -0.1) is 12.4 Å². The van der Waals surface area contributed by atoms with Crippen LogP contribution in [0.2, 0.25) is 0 Å². The third-order valence-electron chi connectivity index (χ3n) is 3.95. The van der Waals surface area contributed by atoms with Gasteiger partial charge in [-0.3, -0.25) is 4.79 Å². The van der Waals surface area contributed by atoms with E-state index in [0.29, 0.717) is 18.9 Å². The van der Waals surface area contributed by atoms with Crippen LogP contribution in [0.3, 0.4) is 0 Å². The summed E-state index contributed by atoms with van der Waals surface area (Å²) < 4.78 is 0. The minimum atomic E-state index is 0. The molecule has 1 saturated heterocycles. The average Bonchev–Trinajstić information content (AvgIpc) is 2.46. The fourth-order valence-electron chi connectivity index (χ4n) is 2.65. The van der Waals surface area contributed by atoms with Crippen molar-refractivity contribution in [3.05, 3.63) is 35.4 Å². The molecule has 0 aliphatic carbocycles. The molecular weight excluding hydrogens is 272 g/mol. The van der Waals surface area contributed by atoms with Crippen LogP contribution >= 0.6 is 12.4 Å². The van der Waals surface area contributed by atoms with E-state index in [2.05, 4.69) is 31.2 Å². The number of benzene rings is 1. The number of amides is 1. The summed E-state index contributed by atoms with van der Waals surface area (Å²) in [4.78, 5) is 14.2. The molecule has 0 saturated carbocycles. The number of carbonyl (C=O) groups excluding carboxylic acids is 1. The van der Waals surface area contributed by atoms with Crippen molar-refractivity contribution in [3.63, 3.8) is 0 Å². The Morgan fingerprint density at radius 1 is 1.35 bits per heavy atom. The van der Waals surface area contributed by atoms with Crippen molar-refractivity contribution in [1.82, 2.24) is 4.90 Å². The maximum Gasteiger partial charge on any atom is 0.222 e. The van der Waals surface area contributed by atoms with E-state index in [1.807, 2.05) is 4.90 Å². The van der Waals surface area contributed by atoms with E-state index in [4.69, 9.17) is 5.73 Å². The molecule has 0 radical (unpaired) electrons. The van der Waals surface area contributed by atoms with Crippen LogP contribution in [0.4, 0.5) is 0 Å². The van der Waals surface area contributed by atoms with Crippen LogP contribution in [0.5, 0.6) is 0 Å². The Bertz CT molecular complexity index is 419. The number of halogens is 1. The molecule has 0 aromatic heterocycles. The molecule has 1 aliphatic heterocycles. The molecule has 3 nitrogen and oxygen atoms in total. The molecule has 1 aromatic rings. The third-order valence-corrected chi connectivity index (χ3v) is 3.95. The molecule has 0 spiro atoms. The minimum absolute atomic E-state index is 0. The van der Waals surface area contributed by atoms with Gasteiger partial charge in [0.1, 0.15) is 0 Å². The van der Waals surface area contributed by atoms with Crippen molar-refractivity contribution in [2.24, 2.45) is 11.7 Å². The van der Waals surface area contributed by atoms with Gasteiger partial charge < -0.3 is 10.6 Å². The van der Waals surface area contributed by atoms with Crippen LogP contribution in [-0.4, -0.2) is 30.4 Å². The first kappa shape index (κ1) is 17.0. The number of aryl methyl sites for hydroxylation is 2. The molecule has 112 valence electrons. The van der Waals surface area contributed by atoms with Gasteiger partial charge in [-0.25, -0.2) is 0 Å². The molecule has 1 heterocycles. The van der Waals surface area contributed by atoms with Crippen LogP contribution in [0, 0.1) is 12.8 Å². The van der Waals surface area contributed by atoms with Crippen molar-refractivity contribution in [2.45, 2.75) is 32.6 Å². The van der Waals surface area contributed by atoms with Crippen molar-refractivity contribution < 1.29 is 4.79 Å². The summed E-state index contributed by atoms with van der Waals surface area (Å²) in [5.74, 6) is 0.774. The molecule has 4 heteroatoms. The Hall–Kier alpha value is -1.06. The summed E-state index contributed by atoms with van der Waals surface area (Å²) in [6, 6.07) is 8.43. The number of carbonyl (C=O) groups is 1. The zero-order valence-corrected chi connectivity index (χ0v) is 13.0. The van der Waals surface area contributed by atoms with Gasteiger partial charge >= 0.3 is 0 Å². The smallest absolute Gasteiger partial charge is 0.222 e. The van der Waals surface area contributed by atoms with Gasteiger partial charge in [-0.2, -0.15) is 0 Å². The van der Waals surface area contributed by atoms with Crippen molar-refractivity contribution >= 4 is 18.3 Å². The van der Waals surface area contributed by atoms with Crippen LogP contribution in [0.15, 0.2) is 24.3 Å². The molecule has 2 N–H and O–H groups in total. The zero-order chi connectivity index (χ0) is 13.7. The predicted octanol–water partition coefficient (Wildman–Crippen LogP) is 2.55. The number of piperidine rings is 1. The second-order valence-corrected chi connectivity index (χ2v) is 5.57. The van der Waals surface area contributed by atoms with Crippen molar-refractivity contribution in [3.8, 4) is 0 Å². The van der Waals surface area contributed by atoms with Crippen molar-refractivity contribution in [2.75, 3.05) is 19.6 Å². The number of nitrogens with two attached hydrogens (primary N) is 1. The van der Waals surface area contributed by atoms with Crippen LogP contribution in [-0.2, 0) is 11.2 Å². The van der Waals surface area contributed by atoms with Gasteiger partial charge in [-0.1, -0.05) is 29.8 Å². The Kier molecular flexibility index (Phi) is 7.03. The molecule has 1 aromatic carbocycles. The molecule has 1 aliphatic rings. The fourth-order valence-corrected chi connectivity index (χ4v) is 2.65. The predicted molar refractivity (Wildman–Crippen MR) is 85.1 cm³/mol. The van der Waals surface area contributed by atoms with Gasteiger partial charge in [0.15, 0.2) is 0 Å². The molecule has 20 heavy (non-hydrogen) atoms. The van der Waals surface area contributed by atoms with Gasteiger partial charge in [0.05, 0.1) is 0 Å². The molecule has 1 amide bonds. The largest absolute Gasteiger partial charge is 0.342 e.